The first kappa shape index (κ1) is 18.7. The highest BCUT2D eigenvalue weighted by molar-refractivity contribution is 6.35. The highest BCUT2D eigenvalue weighted by atomic mass is 16.5. The minimum absolute atomic E-state index is 0.307. The number of piperidine rings is 1. The van der Waals surface area contributed by atoms with E-state index in [9.17, 15) is 9.59 Å². The number of aromatic nitrogens is 1. The summed E-state index contributed by atoms with van der Waals surface area (Å²) in [4.78, 5) is 29.7. The molecule has 2 amide bonds. The zero-order valence-corrected chi connectivity index (χ0v) is 14.3. The first-order valence-electron chi connectivity index (χ1n) is 8.30. The molecule has 0 atom stereocenters. The molecular weight excluding hydrogens is 322 g/mol. The van der Waals surface area contributed by atoms with Crippen molar-refractivity contribution in [3.05, 3.63) is 23.9 Å². The van der Waals surface area contributed by atoms with Crippen molar-refractivity contribution in [3.63, 3.8) is 0 Å². The van der Waals surface area contributed by atoms with Gasteiger partial charge in [0, 0.05) is 39.5 Å². The number of anilines is 1. The summed E-state index contributed by atoms with van der Waals surface area (Å²) in [5.41, 5.74) is 0.571. The zero-order chi connectivity index (χ0) is 18.1. The smallest absolute Gasteiger partial charge is 0.309 e. The van der Waals surface area contributed by atoms with Crippen molar-refractivity contribution in [3.8, 4) is 6.07 Å². The Kier molecular flexibility index (Phi) is 7.16. The predicted octanol–water partition coefficient (Wildman–Crippen LogP) is 0.0485. The fourth-order valence-corrected chi connectivity index (χ4v) is 2.75. The number of hydrogen-bond acceptors (Lipinski definition) is 6. The second-order valence-corrected chi connectivity index (χ2v) is 5.88. The second kappa shape index (κ2) is 9.59. The number of methoxy groups -OCH3 is 1. The quantitative estimate of drug-likeness (QED) is 0.557. The Balaban J connectivity index is 1.74. The zero-order valence-electron chi connectivity index (χ0n) is 14.3. The van der Waals surface area contributed by atoms with Crippen molar-refractivity contribution in [2.75, 3.05) is 44.8 Å². The molecule has 0 spiro atoms. The molecule has 2 rings (SSSR count). The summed E-state index contributed by atoms with van der Waals surface area (Å²) in [6.45, 7) is 2.69. The van der Waals surface area contributed by atoms with Gasteiger partial charge in [0.15, 0.2) is 0 Å². The Hall–Kier alpha value is -2.66. The van der Waals surface area contributed by atoms with Crippen molar-refractivity contribution >= 4 is 17.6 Å². The normalized spacial score (nSPS) is 14.6. The minimum atomic E-state index is -0.637. The van der Waals surface area contributed by atoms with Crippen molar-refractivity contribution in [2.45, 2.75) is 12.8 Å². The number of amides is 2. The van der Waals surface area contributed by atoms with E-state index in [4.69, 9.17) is 10.00 Å². The van der Waals surface area contributed by atoms with Gasteiger partial charge in [0.05, 0.1) is 12.2 Å². The maximum Gasteiger partial charge on any atom is 0.309 e. The average molecular weight is 345 g/mol. The average Bonchev–Trinajstić information content (AvgIpc) is 2.66. The topological polar surface area (TPSA) is 107 Å². The van der Waals surface area contributed by atoms with Crippen LogP contribution in [0, 0.1) is 17.2 Å². The first-order chi connectivity index (χ1) is 12.2. The molecule has 1 aromatic heterocycles. The molecule has 25 heavy (non-hydrogen) atoms. The van der Waals surface area contributed by atoms with Crippen LogP contribution in [-0.2, 0) is 14.3 Å². The highest BCUT2D eigenvalue weighted by Crippen LogP contribution is 2.23. The van der Waals surface area contributed by atoms with Gasteiger partial charge in [-0.1, -0.05) is 0 Å². The summed E-state index contributed by atoms with van der Waals surface area (Å²) in [5, 5.41) is 14.3. The van der Waals surface area contributed by atoms with Gasteiger partial charge in [0.25, 0.3) is 0 Å². The molecule has 134 valence electrons. The molecule has 1 saturated heterocycles. The Morgan fingerprint density at radius 1 is 1.36 bits per heavy atom. The number of carbonyl (C=O) groups excluding carboxylic acids is 2. The maximum absolute atomic E-state index is 11.7. The summed E-state index contributed by atoms with van der Waals surface area (Å²) in [6.07, 6.45) is 3.42. The largest absolute Gasteiger partial charge is 0.383 e. The molecule has 0 bridgehead atoms. The molecule has 0 unspecified atom stereocenters. The number of pyridine rings is 1. The van der Waals surface area contributed by atoms with Gasteiger partial charge >= 0.3 is 11.8 Å². The standard InChI is InChI=1S/C17H23N5O3/c1-25-10-7-20-16(23)17(24)21-12-13-4-8-22(9-5-13)15-14(11-18)3-2-6-19-15/h2-3,6,13H,4-5,7-10,12H2,1H3,(H,20,23)(H,21,24). The van der Waals surface area contributed by atoms with E-state index in [0.29, 0.717) is 37.0 Å². The molecule has 0 radical (unpaired) electrons. The van der Waals surface area contributed by atoms with Gasteiger partial charge in [-0.3, -0.25) is 9.59 Å². The second-order valence-electron chi connectivity index (χ2n) is 5.88. The Labute approximate surface area is 147 Å². The molecule has 0 aromatic carbocycles. The van der Waals surface area contributed by atoms with Crippen molar-refractivity contribution in [2.24, 2.45) is 5.92 Å². The van der Waals surface area contributed by atoms with Crippen LogP contribution in [0.1, 0.15) is 18.4 Å². The molecule has 2 heterocycles. The fourth-order valence-electron chi connectivity index (χ4n) is 2.75. The first-order valence-corrected chi connectivity index (χ1v) is 8.30. The van der Waals surface area contributed by atoms with E-state index in [1.165, 1.54) is 7.11 Å². The minimum Gasteiger partial charge on any atom is -0.383 e. The molecule has 1 aliphatic heterocycles. The maximum atomic E-state index is 11.7. The summed E-state index contributed by atoms with van der Waals surface area (Å²) in [5.74, 6) is -0.233. The van der Waals surface area contributed by atoms with Crippen LogP contribution in [0.2, 0.25) is 0 Å². The third-order valence-electron chi connectivity index (χ3n) is 4.17. The van der Waals surface area contributed by atoms with Crippen LogP contribution in [0.4, 0.5) is 5.82 Å². The van der Waals surface area contributed by atoms with Crippen LogP contribution < -0.4 is 15.5 Å². The molecule has 1 aromatic rings. The fraction of sp³-hybridized carbons (Fsp3) is 0.529. The van der Waals surface area contributed by atoms with Crippen LogP contribution in [-0.4, -0.2) is 56.7 Å². The third kappa shape index (κ3) is 5.43. The molecule has 0 aliphatic carbocycles. The van der Waals surface area contributed by atoms with Gasteiger partial charge in [0.2, 0.25) is 0 Å². The number of nitriles is 1. The van der Waals surface area contributed by atoms with Crippen LogP contribution >= 0.6 is 0 Å². The van der Waals surface area contributed by atoms with E-state index in [0.717, 1.165) is 25.9 Å². The van der Waals surface area contributed by atoms with Gasteiger partial charge < -0.3 is 20.3 Å². The van der Waals surface area contributed by atoms with Crippen LogP contribution in [0.3, 0.4) is 0 Å². The van der Waals surface area contributed by atoms with Gasteiger partial charge in [0.1, 0.15) is 11.9 Å². The molecule has 8 nitrogen and oxygen atoms in total. The summed E-state index contributed by atoms with van der Waals surface area (Å²) in [6, 6.07) is 5.68. The van der Waals surface area contributed by atoms with Crippen LogP contribution in [0.5, 0.6) is 0 Å². The van der Waals surface area contributed by atoms with E-state index >= 15 is 0 Å². The molecule has 8 heteroatoms. The lowest BCUT2D eigenvalue weighted by Gasteiger charge is -2.33. The lowest BCUT2D eigenvalue weighted by Crippen LogP contribution is -2.44. The Morgan fingerprint density at radius 3 is 2.76 bits per heavy atom. The van der Waals surface area contributed by atoms with E-state index in [2.05, 4.69) is 26.6 Å². The SMILES string of the molecule is COCCNC(=O)C(=O)NCC1CCN(c2ncccc2C#N)CC1. The van der Waals surface area contributed by atoms with Gasteiger partial charge in [-0.25, -0.2) is 4.98 Å². The number of ether oxygens (including phenoxy) is 1. The molecule has 1 aliphatic rings. The molecule has 2 N–H and O–H groups in total. The number of nitrogens with zero attached hydrogens (tertiary/aromatic N) is 3. The molecule has 0 saturated carbocycles. The van der Waals surface area contributed by atoms with Crippen molar-refractivity contribution in [1.29, 1.82) is 5.26 Å². The Morgan fingerprint density at radius 2 is 2.08 bits per heavy atom. The highest BCUT2D eigenvalue weighted by Gasteiger charge is 2.23. The van der Waals surface area contributed by atoms with E-state index < -0.39 is 11.8 Å². The van der Waals surface area contributed by atoms with Gasteiger partial charge in [-0.2, -0.15) is 5.26 Å². The molecular formula is C17H23N5O3. The van der Waals surface area contributed by atoms with Gasteiger partial charge in [-0.15, -0.1) is 0 Å². The number of nitrogens with one attached hydrogen (secondary N) is 2. The van der Waals surface area contributed by atoms with Crippen LogP contribution in [0.25, 0.3) is 0 Å². The van der Waals surface area contributed by atoms with Crippen molar-refractivity contribution in [1.82, 2.24) is 15.6 Å². The summed E-state index contributed by atoms with van der Waals surface area (Å²) < 4.78 is 4.81. The summed E-state index contributed by atoms with van der Waals surface area (Å²) >= 11 is 0. The van der Waals surface area contributed by atoms with E-state index in [1.54, 1.807) is 18.3 Å². The predicted molar refractivity (Wildman–Crippen MR) is 91.8 cm³/mol. The third-order valence-corrected chi connectivity index (χ3v) is 4.17. The number of carbonyl (C=O) groups is 2. The monoisotopic (exact) mass is 345 g/mol. The van der Waals surface area contributed by atoms with Crippen molar-refractivity contribution < 1.29 is 14.3 Å². The van der Waals surface area contributed by atoms with E-state index in [-0.39, 0.29) is 0 Å². The summed E-state index contributed by atoms with van der Waals surface area (Å²) in [7, 11) is 1.53. The van der Waals surface area contributed by atoms with E-state index in [1.807, 2.05) is 0 Å². The number of hydrogen-bond donors (Lipinski definition) is 2. The Bertz CT molecular complexity index is 635. The lowest BCUT2D eigenvalue weighted by atomic mass is 9.96. The molecule has 1 fully saturated rings. The lowest BCUT2D eigenvalue weighted by molar-refractivity contribution is -0.139. The van der Waals surface area contributed by atoms with Crippen LogP contribution in [0.15, 0.2) is 18.3 Å². The van der Waals surface area contributed by atoms with Gasteiger partial charge in [-0.05, 0) is 30.9 Å². The number of rotatable bonds is 6.